The molecule has 1 amide bonds. The van der Waals surface area contributed by atoms with Crippen molar-refractivity contribution in [2.75, 3.05) is 68.1 Å². The van der Waals surface area contributed by atoms with Crippen LogP contribution in [0.2, 0.25) is 0 Å². The van der Waals surface area contributed by atoms with Gasteiger partial charge in [-0.3, -0.25) is 4.79 Å². The van der Waals surface area contributed by atoms with Crippen LogP contribution in [0, 0.1) is 0 Å². The topological polar surface area (TPSA) is 140 Å². The Kier molecular flexibility index (Phi) is 10.6. The first-order chi connectivity index (χ1) is 18.7. The fourth-order valence-electron chi connectivity index (χ4n) is 3.91. The predicted molar refractivity (Wildman–Crippen MR) is 148 cm³/mol. The molecule has 0 saturated carbocycles. The molecule has 4 rings (SSSR count). The number of anilines is 4. The van der Waals surface area contributed by atoms with Crippen LogP contribution in [-0.2, 0) is 16.0 Å². The second kappa shape index (κ2) is 14.8. The number of ether oxygens (including phenoxy) is 2. The molecule has 11 heteroatoms. The highest BCUT2D eigenvalue weighted by Gasteiger charge is 2.18. The maximum Gasteiger partial charge on any atom is 0.251 e. The molecule has 0 radical (unpaired) electrons. The number of hydrogen-bond donors (Lipinski definition) is 4. The lowest BCUT2D eigenvalue weighted by Crippen LogP contribution is -2.27. The average molecular weight is 521 g/mol. The van der Waals surface area contributed by atoms with Crippen molar-refractivity contribution in [3.8, 4) is 0 Å². The van der Waals surface area contributed by atoms with Crippen LogP contribution in [0.3, 0.4) is 0 Å². The number of aromatic nitrogens is 3. The summed E-state index contributed by atoms with van der Waals surface area (Å²) < 4.78 is 10.7. The number of rotatable bonds is 15. The van der Waals surface area contributed by atoms with E-state index in [0.717, 1.165) is 37.2 Å². The van der Waals surface area contributed by atoms with Crippen molar-refractivity contribution in [3.63, 3.8) is 0 Å². The third-order valence-electron chi connectivity index (χ3n) is 5.88. The van der Waals surface area contributed by atoms with Gasteiger partial charge in [-0.1, -0.05) is 30.3 Å². The largest absolute Gasteiger partial charge is 0.378 e. The van der Waals surface area contributed by atoms with E-state index in [-0.39, 0.29) is 5.91 Å². The van der Waals surface area contributed by atoms with E-state index in [2.05, 4.69) is 47.9 Å². The Bertz CT molecular complexity index is 1120. The second-order valence-electron chi connectivity index (χ2n) is 8.79. The van der Waals surface area contributed by atoms with Gasteiger partial charge in [0.05, 0.1) is 26.4 Å². The van der Waals surface area contributed by atoms with Crippen LogP contribution in [0.25, 0.3) is 0 Å². The van der Waals surface area contributed by atoms with E-state index in [1.807, 2.05) is 30.3 Å². The zero-order valence-corrected chi connectivity index (χ0v) is 21.6. The molecule has 2 heterocycles. The molecule has 1 aliphatic rings. The monoisotopic (exact) mass is 520 g/mol. The number of nitrogens with one attached hydrogen (secondary N) is 3. The Morgan fingerprint density at radius 2 is 1.58 bits per heavy atom. The SMILES string of the molecule is NCCOCCOCCNC(=O)c1ccc(Nc2nc(NCc3ccccc3)nc(N3CCCC3)n2)cc1. The van der Waals surface area contributed by atoms with Crippen LogP contribution >= 0.6 is 0 Å². The Morgan fingerprint density at radius 3 is 2.32 bits per heavy atom. The number of hydrogen-bond acceptors (Lipinski definition) is 10. The quantitative estimate of drug-likeness (QED) is 0.221. The van der Waals surface area contributed by atoms with Gasteiger partial charge in [0, 0.05) is 44.0 Å². The number of amides is 1. The highest BCUT2D eigenvalue weighted by Crippen LogP contribution is 2.21. The first-order valence-electron chi connectivity index (χ1n) is 13.0. The zero-order chi connectivity index (χ0) is 26.4. The van der Waals surface area contributed by atoms with Gasteiger partial charge in [-0.15, -0.1) is 0 Å². The van der Waals surface area contributed by atoms with Gasteiger partial charge in [-0.2, -0.15) is 15.0 Å². The maximum atomic E-state index is 12.4. The van der Waals surface area contributed by atoms with E-state index < -0.39 is 0 Å². The van der Waals surface area contributed by atoms with Gasteiger partial charge in [0.2, 0.25) is 17.8 Å². The van der Waals surface area contributed by atoms with Gasteiger partial charge >= 0.3 is 0 Å². The Hall–Kier alpha value is -3.80. The van der Waals surface area contributed by atoms with E-state index in [4.69, 9.17) is 15.2 Å². The molecule has 0 aliphatic carbocycles. The molecular formula is C27H36N8O3. The molecule has 1 saturated heterocycles. The Morgan fingerprint density at radius 1 is 0.868 bits per heavy atom. The molecule has 11 nitrogen and oxygen atoms in total. The minimum Gasteiger partial charge on any atom is -0.378 e. The van der Waals surface area contributed by atoms with Crippen molar-refractivity contribution >= 4 is 29.4 Å². The summed E-state index contributed by atoms with van der Waals surface area (Å²) in [6, 6.07) is 17.3. The smallest absolute Gasteiger partial charge is 0.251 e. The number of nitrogens with zero attached hydrogens (tertiary/aromatic N) is 4. The number of carbonyl (C=O) groups excluding carboxylic acids is 1. The van der Waals surface area contributed by atoms with Crippen LogP contribution in [0.4, 0.5) is 23.5 Å². The van der Waals surface area contributed by atoms with Crippen LogP contribution < -0.4 is 26.6 Å². The van der Waals surface area contributed by atoms with Crippen LogP contribution in [0.15, 0.2) is 54.6 Å². The number of carbonyl (C=O) groups is 1. The fourth-order valence-corrected chi connectivity index (χ4v) is 3.91. The molecular weight excluding hydrogens is 484 g/mol. The minimum atomic E-state index is -0.164. The van der Waals surface area contributed by atoms with Crippen molar-refractivity contribution in [2.45, 2.75) is 19.4 Å². The lowest BCUT2D eigenvalue weighted by molar-refractivity contribution is 0.0511. The summed E-state index contributed by atoms with van der Waals surface area (Å²) in [4.78, 5) is 28.5. The second-order valence-corrected chi connectivity index (χ2v) is 8.79. The molecule has 1 aliphatic heterocycles. The summed E-state index contributed by atoms with van der Waals surface area (Å²) in [5, 5.41) is 9.42. The van der Waals surface area contributed by atoms with Crippen molar-refractivity contribution in [1.82, 2.24) is 20.3 Å². The summed E-state index contributed by atoms with van der Waals surface area (Å²) in [6.45, 7) is 5.27. The fraction of sp³-hybridized carbons (Fsp3) is 0.407. The minimum absolute atomic E-state index is 0.164. The molecule has 202 valence electrons. The summed E-state index contributed by atoms with van der Waals surface area (Å²) in [7, 11) is 0. The van der Waals surface area contributed by atoms with Gasteiger partial charge < -0.3 is 36.1 Å². The molecule has 38 heavy (non-hydrogen) atoms. The van der Waals surface area contributed by atoms with Crippen molar-refractivity contribution in [3.05, 3.63) is 65.7 Å². The number of benzene rings is 2. The van der Waals surface area contributed by atoms with Gasteiger partial charge in [-0.25, -0.2) is 0 Å². The normalized spacial score (nSPS) is 12.9. The van der Waals surface area contributed by atoms with Crippen LogP contribution in [-0.4, -0.2) is 73.5 Å². The molecule has 2 aromatic carbocycles. The lowest BCUT2D eigenvalue weighted by atomic mass is 10.2. The van der Waals surface area contributed by atoms with Crippen LogP contribution in [0.5, 0.6) is 0 Å². The first-order valence-corrected chi connectivity index (χ1v) is 13.0. The van der Waals surface area contributed by atoms with Gasteiger partial charge in [0.25, 0.3) is 5.91 Å². The average Bonchev–Trinajstić information content (AvgIpc) is 3.50. The molecule has 1 aromatic heterocycles. The molecule has 5 N–H and O–H groups in total. The van der Waals surface area contributed by atoms with E-state index in [1.54, 1.807) is 12.1 Å². The lowest BCUT2D eigenvalue weighted by Gasteiger charge is -2.17. The molecule has 3 aromatic rings. The summed E-state index contributed by atoms with van der Waals surface area (Å²) in [6.07, 6.45) is 2.25. The molecule has 1 fully saturated rings. The Balaban J connectivity index is 1.32. The van der Waals surface area contributed by atoms with Gasteiger partial charge in [-0.05, 0) is 42.7 Å². The standard InChI is InChI=1S/C27H36N8O3/c28-12-16-37-18-19-38-17-13-29-24(36)22-8-10-23(11-9-22)31-26-32-25(30-20-21-6-2-1-3-7-21)33-27(34-26)35-14-4-5-15-35/h1-3,6-11H,4-5,12-20,28H2,(H,29,36)(H2,30,31,32,33,34). The maximum absolute atomic E-state index is 12.4. The predicted octanol–water partition coefficient (Wildman–Crippen LogP) is 2.55. The third kappa shape index (κ3) is 8.65. The summed E-state index contributed by atoms with van der Waals surface area (Å²) in [5.41, 5.74) is 7.83. The van der Waals surface area contributed by atoms with Crippen molar-refractivity contribution < 1.29 is 14.3 Å². The summed E-state index contributed by atoms with van der Waals surface area (Å²) >= 11 is 0. The zero-order valence-electron chi connectivity index (χ0n) is 21.6. The van der Waals surface area contributed by atoms with E-state index >= 15 is 0 Å². The summed E-state index contributed by atoms with van der Waals surface area (Å²) in [5.74, 6) is 1.45. The molecule has 0 atom stereocenters. The van der Waals surface area contributed by atoms with Gasteiger partial charge in [0.15, 0.2) is 0 Å². The molecule has 0 spiro atoms. The Labute approximate surface area is 223 Å². The molecule has 0 bridgehead atoms. The highest BCUT2D eigenvalue weighted by atomic mass is 16.5. The highest BCUT2D eigenvalue weighted by molar-refractivity contribution is 5.94. The number of nitrogens with two attached hydrogens (primary N) is 1. The van der Waals surface area contributed by atoms with E-state index in [1.165, 1.54) is 0 Å². The van der Waals surface area contributed by atoms with E-state index in [0.29, 0.717) is 69.5 Å². The first kappa shape index (κ1) is 27.2. The third-order valence-corrected chi connectivity index (χ3v) is 5.88. The van der Waals surface area contributed by atoms with Crippen molar-refractivity contribution in [1.29, 1.82) is 0 Å². The van der Waals surface area contributed by atoms with E-state index in [9.17, 15) is 4.79 Å². The van der Waals surface area contributed by atoms with Crippen molar-refractivity contribution in [2.24, 2.45) is 5.73 Å². The molecule has 0 unspecified atom stereocenters. The van der Waals surface area contributed by atoms with Crippen LogP contribution in [0.1, 0.15) is 28.8 Å². The van der Waals surface area contributed by atoms with Gasteiger partial charge in [0.1, 0.15) is 0 Å².